The largest absolute Gasteiger partial charge is 0.335 e. The smallest absolute Gasteiger partial charge is 0.290 e. The van der Waals surface area contributed by atoms with Crippen LogP contribution in [0.3, 0.4) is 0 Å². The molecule has 2 aliphatic heterocycles. The van der Waals surface area contributed by atoms with Crippen molar-refractivity contribution in [3.8, 4) is 0 Å². The fraction of sp³-hybridized carbons (Fsp3) is 0.444. The van der Waals surface area contributed by atoms with Crippen LogP contribution in [0.4, 0.5) is 0 Å². The molecule has 2 aliphatic rings. The molecule has 8 heteroatoms. The predicted molar refractivity (Wildman–Crippen MR) is 58.5 cm³/mol. The first kappa shape index (κ1) is 11.2. The van der Waals surface area contributed by atoms with Crippen LogP contribution < -0.4 is 16.0 Å². The zero-order chi connectivity index (χ0) is 12.4. The summed E-state index contributed by atoms with van der Waals surface area (Å²) in [6.45, 7) is 1.53. The lowest BCUT2D eigenvalue weighted by molar-refractivity contribution is -0.137. The lowest BCUT2D eigenvalue weighted by atomic mass is 10.2. The predicted octanol–water partition coefficient (Wildman–Crippen LogP) is -2.45. The second kappa shape index (κ2) is 4.32. The maximum absolute atomic E-state index is 11.6. The number of carbonyl (C=O) groups excluding carboxylic acids is 3. The van der Waals surface area contributed by atoms with Gasteiger partial charge in [0.1, 0.15) is 5.84 Å². The standard InChI is InChI=1S/C9H11N5O3/c1-4(15)7(16)13-9-12-6-5(8(17)14-9)10-2-3-11-6/h2,5,9H,3H2,1H3,(H,11,12)(H,13,16)(H,14,17). The molecule has 0 radical (unpaired) electrons. The molecule has 17 heavy (non-hydrogen) atoms. The van der Waals surface area contributed by atoms with E-state index in [-0.39, 0.29) is 5.91 Å². The van der Waals surface area contributed by atoms with E-state index in [9.17, 15) is 14.4 Å². The Bertz CT molecular complexity index is 442. The van der Waals surface area contributed by atoms with Gasteiger partial charge in [-0.2, -0.15) is 0 Å². The zero-order valence-electron chi connectivity index (χ0n) is 9.06. The van der Waals surface area contributed by atoms with Gasteiger partial charge < -0.3 is 16.0 Å². The summed E-state index contributed by atoms with van der Waals surface area (Å²) in [4.78, 5) is 41.6. The van der Waals surface area contributed by atoms with Gasteiger partial charge in [-0.25, -0.2) is 0 Å². The van der Waals surface area contributed by atoms with Crippen LogP contribution in [-0.4, -0.2) is 48.5 Å². The van der Waals surface area contributed by atoms with E-state index in [1.54, 1.807) is 6.21 Å². The van der Waals surface area contributed by atoms with Gasteiger partial charge in [0, 0.05) is 13.1 Å². The Morgan fingerprint density at radius 2 is 2.24 bits per heavy atom. The molecule has 2 unspecified atom stereocenters. The molecule has 8 nitrogen and oxygen atoms in total. The molecule has 90 valence electrons. The number of fused-ring (bicyclic) bond motifs is 1. The van der Waals surface area contributed by atoms with Crippen molar-refractivity contribution >= 4 is 29.6 Å². The van der Waals surface area contributed by atoms with E-state index < -0.39 is 24.0 Å². The Kier molecular flexibility index (Phi) is 2.86. The number of amidine groups is 1. The average molecular weight is 237 g/mol. The van der Waals surface area contributed by atoms with E-state index in [1.807, 2.05) is 0 Å². The highest BCUT2D eigenvalue weighted by atomic mass is 16.2. The topological polar surface area (TPSA) is 112 Å². The number of hydrogen-bond acceptors (Lipinski definition) is 6. The molecular weight excluding hydrogens is 226 g/mol. The van der Waals surface area contributed by atoms with E-state index in [4.69, 9.17) is 0 Å². The summed E-state index contributed by atoms with van der Waals surface area (Å²) in [6, 6.07) is -0.686. The molecule has 0 aromatic carbocycles. The van der Waals surface area contributed by atoms with Gasteiger partial charge in [0.25, 0.3) is 11.8 Å². The maximum Gasteiger partial charge on any atom is 0.290 e. The van der Waals surface area contributed by atoms with Crippen LogP contribution in [0.2, 0.25) is 0 Å². The van der Waals surface area contributed by atoms with Gasteiger partial charge in [0.15, 0.2) is 12.3 Å². The van der Waals surface area contributed by atoms with Crippen molar-refractivity contribution in [3.05, 3.63) is 0 Å². The Balaban J connectivity index is 2.04. The fourth-order valence-corrected chi connectivity index (χ4v) is 1.48. The van der Waals surface area contributed by atoms with Gasteiger partial charge >= 0.3 is 0 Å². The Hall–Kier alpha value is -2.25. The lowest BCUT2D eigenvalue weighted by Crippen LogP contribution is -2.68. The van der Waals surface area contributed by atoms with Crippen molar-refractivity contribution in [1.29, 1.82) is 0 Å². The molecule has 0 aromatic heterocycles. The summed E-state index contributed by atoms with van der Waals surface area (Å²) in [5.41, 5.74) is 0. The zero-order valence-corrected chi connectivity index (χ0v) is 9.06. The second-order valence-corrected chi connectivity index (χ2v) is 3.58. The molecule has 2 amide bonds. The van der Waals surface area contributed by atoms with E-state index in [0.29, 0.717) is 12.4 Å². The molecule has 0 saturated carbocycles. The van der Waals surface area contributed by atoms with Crippen molar-refractivity contribution in [3.63, 3.8) is 0 Å². The molecule has 0 bridgehead atoms. The van der Waals surface area contributed by atoms with E-state index in [2.05, 4.69) is 25.9 Å². The summed E-state index contributed by atoms with van der Waals surface area (Å²) in [5.74, 6) is -1.38. The molecule has 2 atom stereocenters. The van der Waals surface area contributed by atoms with Crippen molar-refractivity contribution < 1.29 is 14.4 Å². The van der Waals surface area contributed by atoms with Crippen molar-refractivity contribution in [2.45, 2.75) is 19.3 Å². The van der Waals surface area contributed by atoms with E-state index in [0.717, 1.165) is 6.92 Å². The third kappa shape index (κ3) is 2.30. The van der Waals surface area contributed by atoms with Crippen LogP contribution in [0.25, 0.3) is 0 Å². The van der Waals surface area contributed by atoms with Crippen molar-refractivity contribution in [2.75, 3.05) is 6.54 Å². The third-order valence-corrected chi connectivity index (χ3v) is 2.28. The normalized spacial score (nSPS) is 26.2. The number of hydrogen-bond donors (Lipinski definition) is 3. The van der Waals surface area contributed by atoms with E-state index in [1.165, 1.54) is 0 Å². The minimum absolute atomic E-state index is 0.368. The second-order valence-electron chi connectivity index (χ2n) is 3.58. The Morgan fingerprint density at radius 3 is 2.94 bits per heavy atom. The molecule has 2 heterocycles. The maximum atomic E-state index is 11.6. The summed E-state index contributed by atoms with van der Waals surface area (Å²) in [7, 11) is 0. The summed E-state index contributed by atoms with van der Waals surface area (Å²) >= 11 is 0. The van der Waals surface area contributed by atoms with Crippen LogP contribution in [-0.2, 0) is 14.4 Å². The number of aliphatic imine (C=N–C) groups is 2. The number of rotatable bonds is 2. The number of nitrogens with zero attached hydrogens (tertiary/aromatic N) is 2. The van der Waals surface area contributed by atoms with Gasteiger partial charge in [0.05, 0.1) is 6.54 Å². The van der Waals surface area contributed by atoms with Gasteiger partial charge in [-0.05, 0) is 0 Å². The first-order valence-corrected chi connectivity index (χ1v) is 5.02. The number of carbonyl (C=O) groups is 3. The highest BCUT2D eigenvalue weighted by Gasteiger charge is 2.34. The van der Waals surface area contributed by atoms with Gasteiger partial charge in [0.2, 0.25) is 5.78 Å². The number of amides is 2. The van der Waals surface area contributed by atoms with E-state index >= 15 is 0 Å². The monoisotopic (exact) mass is 237 g/mol. The minimum Gasteiger partial charge on any atom is -0.335 e. The van der Waals surface area contributed by atoms with Gasteiger partial charge in [-0.3, -0.25) is 24.4 Å². The number of ketones is 1. The Morgan fingerprint density at radius 1 is 1.47 bits per heavy atom. The van der Waals surface area contributed by atoms with Crippen molar-refractivity contribution in [2.24, 2.45) is 9.98 Å². The molecule has 1 fully saturated rings. The summed E-state index contributed by atoms with van der Waals surface area (Å²) in [6.07, 6.45) is 0.714. The molecule has 0 spiro atoms. The quantitative estimate of drug-likeness (QED) is 0.462. The van der Waals surface area contributed by atoms with Crippen LogP contribution >= 0.6 is 0 Å². The Labute approximate surface area is 96.6 Å². The van der Waals surface area contributed by atoms with Crippen molar-refractivity contribution in [1.82, 2.24) is 16.0 Å². The SMILES string of the molecule is CC(=O)C(=O)NC1NC(=O)C2N=CCN=C2N1. The highest BCUT2D eigenvalue weighted by molar-refractivity contribution is 6.35. The van der Waals surface area contributed by atoms with Crippen LogP contribution in [0, 0.1) is 0 Å². The first-order valence-electron chi connectivity index (χ1n) is 5.02. The molecule has 0 aromatic rings. The summed E-state index contributed by atoms with van der Waals surface area (Å²) < 4.78 is 0. The minimum atomic E-state index is -0.831. The molecule has 3 N–H and O–H groups in total. The highest BCUT2D eigenvalue weighted by Crippen LogP contribution is 2.03. The summed E-state index contributed by atoms with van der Waals surface area (Å²) in [5, 5.41) is 7.58. The van der Waals surface area contributed by atoms with Gasteiger partial charge in [-0.15, -0.1) is 0 Å². The van der Waals surface area contributed by atoms with Gasteiger partial charge in [-0.1, -0.05) is 0 Å². The number of Topliss-reactive ketones (excluding diaryl/α,β-unsaturated/α-hetero) is 1. The molecular formula is C9H11N5O3. The molecule has 2 rings (SSSR count). The van der Waals surface area contributed by atoms with Crippen LogP contribution in [0.15, 0.2) is 9.98 Å². The lowest BCUT2D eigenvalue weighted by Gasteiger charge is -2.31. The van der Waals surface area contributed by atoms with Crippen LogP contribution in [0.5, 0.6) is 0 Å². The van der Waals surface area contributed by atoms with Crippen LogP contribution in [0.1, 0.15) is 6.92 Å². The average Bonchev–Trinajstić information content (AvgIpc) is 2.29. The fourth-order valence-electron chi connectivity index (χ4n) is 1.48. The molecule has 1 saturated heterocycles. The molecule has 0 aliphatic carbocycles. The number of nitrogens with one attached hydrogen (secondary N) is 3. The third-order valence-electron chi connectivity index (χ3n) is 2.28. The first-order chi connectivity index (χ1) is 8.08.